The first-order chi connectivity index (χ1) is 14.8. The van der Waals surface area contributed by atoms with Crippen molar-refractivity contribution in [3.05, 3.63) is 52.0 Å². The Morgan fingerprint density at radius 2 is 1.25 bits per heavy atom. The Hall–Kier alpha value is -1.06. The SMILES string of the molecule is CSc1ccc(C(C)=O)cc1B1OC(C)(C)C(C)(C)O1.CSc1ccc(C(C)=O)cc1Br. The molecule has 0 N–H and O–H groups in total. The lowest BCUT2D eigenvalue weighted by Gasteiger charge is -2.32. The Bertz CT molecular complexity index is 991. The smallest absolute Gasteiger partial charge is 0.399 e. The van der Waals surface area contributed by atoms with Gasteiger partial charge in [-0.3, -0.25) is 9.59 Å². The van der Waals surface area contributed by atoms with Crippen molar-refractivity contribution < 1.29 is 18.9 Å². The van der Waals surface area contributed by atoms with Crippen LogP contribution in [-0.4, -0.2) is 42.4 Å². The van der Waals surface area contributed by atoms with E-state index in [-0.39, 0.29) is 22.8 Å². The fraction of sp³-hybridized carbons (Fsp3) is 0.417. The number of carbonyl (C=O) groups is 2. The zero-order chi connectivity index (χ0) is 24.3. The number of ketones is 2. The van der Waals surface area contributed by atoms with Crippen LogP contribution in [0, 0.1) is 0 Å². The quantitative estimate of drug-likeness (QED) is 0.254. The van der Waals surface area contributed by atoms with E-state index in [1.54, 1.807) is 37.4 Å². The number of halogens is 1. The van der Waals surface area contributed by atoms with Gasteiger partial charge in [0.25, 0.3) is 0 Å². The van der Waals surface area contributed by atoms with Gasteiger partial charge in [-0.2, -0.15) is 0 Å². The lowest BCUT2D eigenvalue weighted by molar-refractivity contribution is 0.00578. The highest BCUT2D eigenvalue weighted by Crippen LogP contribution is 2.37. The van der Waals surface area contributed by atoms with Gasteiger partial charge in [0.15, 0.2) is 11.6 Å². The molecule has 0 saturated carbocycles. The molecule has 0 radical (unpaired) electrons. The largest absolute Gasteiger partial charge is 0.496 e. The van der Waals surface area contributed by atoms with E-state index in [0.717, 1.165) is 25.3 Å². The van der Waals surface area contributed by atoms with Gasteiger partial charge in [0.05, 0.1) is 11.2 Å². The number of rotatable bonds is 5. The predicted molar refractivity (Wildman–Crippen MR) is 140 cm³/mol. The van der Waals surface area contributed by atoms with Crippen molar-refractivity contribution in [2.45, 2.75) is 62.5 Å². The third-order valence-corrected chi connectivity index (χ3v) is 8.23. The number of thioether (sulfide) groups is 2. The van der Waals surface area contributed by atoms with Gasteiger partial charge >= 0.3 is 7.12 Å². The lowest BCUT2D eigenvalue weighted by Crippen LogP contribution is -2.41. The van der Waals surface area contributed by atoms with E-state index in [4.69, 9.17) is 9.31 Å². The highest BCUT2D eigenvalue weighted by Gasteiger charge is 2.52. The van der Waals surface area contributed by atoms with Crippen LogP contribution in [0.4, 0.5) is 0 Å². The molecule has 0 amide bonds. The van der Waals surface area contributed by atoms with Gasteiger partial charge in [-0.25, -0.2) is 0 Å². The number of Topliss-reactive ketones (excluding diaryl/α,β-unsaturated/α-hetero) is 2. The van der Waals surface area contributed by atoms with Crippen molar-refractivity contribution in [2.75, 3.05) is 12.5 Å². The Morgan fingerprint density at radius 1 is 0.812 bits per heavy atom. The van der Waals surface area contributed by atoms with E-state index < -0.39 is 7.12 Å². The molecule has 3 rings (SSSR count). The standard InChI is InChI=1S/C15H21BO3S.C9H9BrOS/c1-10(17)11-7-8-13(20-6)12(9-11)16-18-14(2,3)15(4,5)19-16;1-6(11)7-3-4-9(12-2)8(10)5-7/h7-9H,1-6H3;3-5H,1-2H3. The third-order valence-electron chi connectivity index (χ3n) is 5.70. The maximum Gasteiger partial charge on any atom is 0.496 e. The fourth-order valence-corrected chi connectivity index (χ4v) is 4.91. The van der Waals surface area contributed by atoms with Crippen LogP contribution in [-0.2, 0) is 9.31 Å². The molecule has 0 atom stereocenters. The van der Waals surface area contributed by atoms with Gasteiger partial charge in [0.1, 0.15) is 0 Å². The van der Waals surface area contributed by atoms with Gasteiger partial charge in [-0.05, 0) is 93.6 Å². The highest BCUT2D eigenvalue weighted by atomic mass is 79.9. The van der Waals surface area contributed by atoms with Crippen LogP contribution in [0.1, 0.15) is 62.3 Å². The number of hydrogen-bond donors (Lipinski definition) is 0. The molecule has 0 unspecified atom stereocenters. The summed E-state index contributed by atoms with van der Waals surface area (Å²) in [5.74, 6) is 0.152. The van der Waals surface area contributed by atoms with Crippen molar-refractivity contribution in [3.63, 3.8) is 0 Å². The zero-order valence-electron chi connectivity index (χ0n) is 19.9. The van der Waals surface area contributed by atoms with Gasteiger partial charge in [0.2, 0.25) is 0 Å². The third kappa shape index (κ3) is 6.29. The zero-order valence-corrected chi connectivity index (χ0v) is 23.1. The van der Waals surface area contributed by atoms with E-state index in [1.807, 2.05) is 76.6 Å². The van der Waals surface area contributed by atoms with Crippen LogP contribution in [0.5, 0.6) is 0 Å². The molecule has 32 heavy (non-hydrogen) atoms. The molecule has 1 fully saturated rings. The minimum Gasteiger partial charge on any atom is -0.399 e. The summed E-state index contributed by atoms with van der Waals surface area (Å²) in [7, 11) is -0.429. The molecule has 1 heterocycles. The van der Waals surface area contributed by atoms with Gasteiger partial charge in [-0.15, -0.1) is 23.5 Å². The molecule has 0 bridgehead atoms. The van der Waals surface area contributed by atoms with Crippen LogP contribution < -0.4 is 5.46 Å². The van der Waals surface area contributed by atoms with E-state index in [9.17, 15) is 9.59 Å². The second-order valence-electron chi connectivity index (χ2n) is 8.51. The number of carbonyl (C=O) groups excluding carboxylic acids is 2. The molecular weight excluding hydrogens is 507 g/mol. The van der Waals surface area contributed by atoms with Crippen LogP contribution in [0.15, 0.2) is 50.7 Å². The summed E-state index contributed by atoms with van der Waals surface area (Å²) in [5, 5.41) is 0. The lowest BCUT2D eigenvalue weighted by atomic mass is 9.78. The normalized spacial score (nSPS) is 16.3. The number of hydrogen-bond acceptors (Lipinski definition) is 6. The Kier molecular flexibility index (Phi) is 9.27. The second-order valence-corrected chi connectivity index (χ2v) is 11.1. The average Bonchev–Trinajstić information content (AvgIpc) is 2.94. The topological polar surface area (TPSA) is 52.6 Å². The molecule has 1 aliphatic rings. The van der Waals surface area contributed by atoms with Crippen molar-refractivity contribution >= 4 is 63.6 Å². The van der Waals surface area contributed by atoms with E-state index in [0.29, 0.717) is 5.56 Å². The summed E-state index contributed by atoms with van der Waals surface area (Å²) in [6.07, 6.45) is 4.02. The molecule has 0 aliphatic carbocycles. The first-order valence-corrected chi connectivity index (χ1v) is 13.5. The summed E-state index contributed by atoms with van der Waals surface area (Å²) < 4.78 is 13.1. The molecule has 8 heteroatoms. The summed E-state index contributed by atoms with van der Waals surface area (Å²) >= 11 is 6.69. The van der Waals surface area contributed by atoms with Crippen molar-refractivity contribution in [3.8, 4) is 0 Å². The molecule has 1 aliphatic heterocycles. The monoisotopic (exact) mass is 536 g/mol. The fourth-order valence-electron chi connectivity index (χ4n) is 2.99. The molecule has 0 aromatic heterocycles. The second kappa shape index (κ2) is 10.9. The summed E-state index contributed by atoms with van der Waals surface area (Å²) in [6.45, 7) is 11.3. The molecule has 4 nitrogen and oxygen atoms in total. The van der Waals surface area contributed by atoms with Gasteiger partial charge < -0.3 is 9.31 Å². The molecule has 172 valence electrons. The minimum absolute atomic E-state index is 0.0513. The van der Waals surface area contributed by atoms with Crippen LogP contribution in [0.25, 0.3) is 0 Å². The maximum atomic E-state index is 11.6. The Labute approximate surface area is 208 Å². The van der Waals surface area contributed by atoms with Crippen molar-refractivity contribution in [2.24, 2.45) is 0 Å². The van der Waals surface area contributed by atoms with Crippen LogP contribution in [0.3, 0.4) is 0 Å². The summed E-state index contributed by atoms with van der Waals surface area (Å²) in [6, 6.07) is 11.3. The van der Waals surface area contributed by atoms with E-state index >= 15 is 0 Å². The Balaban J connectivity index is 0.000000258. The maximum absolute atomic E-state index is 11.6. The summed E-state index contributed by atoms with van der Waals surface area (Å²) in [4.78, 5) is 24.8. The number of benzene rings is 2. The molecule has 1 saturated heterocycles. The average molecular weight is 537 g/mol. The highest BCUT2D eigenvalue weighted by molar-refractivity contribution is 9.10. The summed E-state index contributed by atoms with van der Waals surface area (Å²) in [5.41, 5.74) is 1.62. The minimum atomic E-state index is -0.429. The van der Waals surface area contributed by atoms with Crippen LogP contribution in [0.2, 0.25) is 0 Å². The van der Waals surface area contributed by atoms with Crippen LogP contribution >= 0.6 is 39.5 Å². The first-order valence-electron chi connectivity index (χ1n) is 10.2. The Morgan fingerprint density at radius 3 is 1.66 bits per heavy atom. The first kappa shape index (κ1) is 27.2. The molecule has 2 aromatic carbocycles. The molecule has 2 aromatic rings. The van der Waals surface area contributed by atoms with Crippen molar-refractivity contribution in [1.82, 2.24) is 0 Å². The predicted octanol–water partition coefficient (Wildman–Crippen LogP) is 6.28. The van der Waals surface area contributed by atoms with Gasteiger partial charge in [-0.1, -0.05) is 18.2 Å². The molecule has 0 spiro atoms. The molecular formula is C24H30BBrO4S2. The van der Waals surface area contributed by atoms with Gasteiger partial charge in [0, 0.05) is 25.4 Å². The van der Waals surface area contributed by atoms with Crippen molar-refractivity contribution in [1.29, 1.82) is 0 Å². The van der Waals surface area contributed by atoms with E-state index in [1.165, 1.54) is 0 Å². The van der Waals surface area contributed by atoms with E-state index in [2.05, 4.69) is 15.9 Å².